The summed E-state index contributed by atoms with van der Waals surface area (Å²) in [6.07, 6.45) is 5.79. The Hall–Kier alpha value is -0.660. The highest BCUT2D eigenvalue weighted by molar-refractivity contribution is 5.83. The Bertz CT molecular complexity index is 140. The highest BCUT2D eigenvalue weighted by atomic mass is 16.1. The number of Topliss-reactive ketones (excluding diaryl/α,β-unsaturated/α-hetero) is 1. The average molecular weight is 139 g/mol. The van der Waals surface area contributed by atoms with Crippen LogP contribution in [-0.2, 0) is 9.59 Å². The summed E-state index contributed by atoms with van der Waals surface area (Å²) in [5.74, 6) is 0.265. The van der Waals surface area contributed by atoms with Crippen LogP contribution in [0.4, 0.5) is 0 Å². The van der Waals surface area contributed by atoms with E-state index < -0.39 is 0 Å². The van der Waals surface area contributed by atoms with Crippen LogP contribution in [0.1, 0.15) is 32.1 Å². The Labute approximate surface area is 60.6 Å². The summed E-state index contributed by atoms with van der Waals surface area (Å²) in [7, 11) is 0. The van der Waals surface area contributed by atoms with Gasteiger partial charge in [0.25, 0.3) is 0 Å². The quantitative estimate of drug-likeness (QED) is 0.577. The molecule has 1 aliphatic carbocycles. The van der Waals surface area contributed by atoms with E-state index in [1.54, 1.807) is 6.29 Å². The minimum atomic E-state index is 0.00579. The molecular weight excluding hydrogens is 128 g/mol. The van der Waals surface area contributed by atoms with Crippen LogP contribution in [0, 0.1) is 5.92 Å². The van der Waals surface area contributed by atoms with Crippen LogP contribution in [0.25, 0.3) is 0 Å². The van der Waals surface area contributed by atoms with Crippen LogP contribution in [0.3, 0.4) is 0 Å². The van der Waals surface area contributed by atoms with E-state index in [4.69, 9.17) is 0 Å². The van der Waals surface area contributed by atoms with Crippen LogP contribution in [0.15, 0.2) is 0 Å². The van der Waals surface area contributed by atoms with Crippen molar-refractivity contribution in [3.8, 4) is 0 Å². The number of hydrogen-bond donors (Lipinski definition) is 0. The van der Waals surface area contributed by atoms with Gasteiger partial charge in [0.05, 0.1) is 0 Å². The molecule has 1 rings (SSSR count). The molecule has 0 heterocycles. The van der Waals surface area contributed by atoms with Crippen LogP contribution in [0.5, 0.6) is 0 Å². The number of carbonyl (C=O) groups excluding carboxylic acids is 2. The maximum Gasteiger partial charge on any atom is 0.199 e. The molecule has 10 heavy (non-hydrogen) atoms. The Kier molecular flexibility index (Phi) is 2.60. The Morgan fingerprint density at radius 2 is 2.30 bits per heavy atom. The molecule has 0 aromatic rings. The van der Waals surface area contributed by atoms with Gasteiger partial charge >= 0.3 is 0 Å². The standard InChI is InChI=1S/C8H11O2/c9-6-5-7-3-1-2-4-8(7)10/h7H,1-5H2. The zero-order chi connectivity index (χ0) is 7.40. The molecule has 55 valence electrons. The van der Waals surface area contributed by atoms with E-state index >= 15 is 0 Å². The summed E-state index contributed by atoms with van der Waals surface area (Å²) < 4.78 is 0. The Morgan fingerprint density at radius 3 is 2.90 bits per heavy atom. The third-order valence-electron chi connectivity index (χ3n) is 2.01. The molecule has 1 atom stereocenters. The molecule has 0 amide bonds. The molecule has 1 radical (unpaired) electrons. The zero-order valence-corrected chi connectivity index (χ0v) is 5.93. The molecule has 1 aliphatic rings. The molecule has 0 bridgehead atoms. The smallest absolute Gasteiger partial charge is 0.199 e. The molecule has 0 saturated heterocycles. The maximum absolute atomic E-state index is 11.0. The molecule has 0 aliphatic heterocycles. The van der Waals surface area contributed by atoms with E-state index in [1.165, 1.54) is 0 Å². The summed E-state index contributed by atoms with van der Waals surface area (Å²) in [6.45, 7) is 0. The molecular formula is C8H11O2. The first kappa shape index (κ1) is 7.45. The van der Waals surface area contributed by atoms with E-state index in [-0.39, 0.29) is 11.7 Å². The van der Waals surface area contributed by atoms with Gasteiger partial charge in [-0.15, -0.1) is 0 Å². The molecule has 0 spiro atoms. The molecule has 1 fully saturated rings. The van der Waals surface area contributed by atoms with Gasteiger partial charge in [-0.2, -0.15) is 0 Å². The van der Waals surface area contributed by atoms with Crippen LogP contribution >= 0.6 is 0 Å². The van der Waals surface area contributed by atoms with Gasteiger partial charge in [-0.25, -0.2) is 0 Å². The monoisotopic (exact) mass is 139 g/mol. The molecule has 0 N–H and O–H groups in total. The Balaban J connectivity index is 2.39. The minimum absolute atomic E-state index is 0.00579. The van der Waals surface area contributed by atoms with E-state index in [2.05, 4.69) is 0 Å². The largest absolute Gasteiger partial charge is 0.299 e. The maximum atomic E-state index is 11.0. The van der Waals surface area contributed by atoms with Gasteiger partial charge in [0.2, 0.25) is 0 Å². The molecule has 0 aromatic heterocycles. The number of rotatable bonds is 2. The number of hydrogen-bond acceptors (Lipinski definition) is 2. The highest BCUT2D eigenvalue weighted by Gasteiger charge is 2.21. The summed E-state index contributed by atoms with van der Waals surface area (Å²) >= 11 is 0. The summed E-state index contributed by atoms with van der Waals surface area (Å²) in [6, 6.07) is 0. The topological polar surface area (TPSA) is 34.1 Å². The summed E-state index contributed by atoms with van der Waals surface area (Å²) in [4.78, 5) is 20.9. The lowest BCUT2D eigenvalue weighted by molar-refractivity contribution is -0.124. The van der Waals surface area contributed by atoms with Gasteiger partial charge in [-0.3, -0.25) is 9.59 Å². The fraction of sp³-hybridized carbons (Fsp3) is 0.750. The van der Waals surface area contributed by atoms with Crippen molar-refractivity contribution in [2.24, 2.45) is 5.92 Å². The normalized spacial score (nSPS) is 26.4. The highest BCUT2D eigenvalue weighted by Crippen LogP contribution is 2.21. The Morgan fingerprint density at radius 1 is 1.50 bits per heavy atom. The van der Waals surface area contributed by atoms with Crippen molar-refractivity contribution in [3.05, 3.63) is 0 Å². The number of ketones is 1. The van der Waals surface area contributed by atoms with E-state index in [0.29, 0.717) is 12.8 Å². The SMILES string of the molecule is O=[C]CC1CCCCC1=O. The van der Waals surface area contributed by atoms with Gasteiger partial charge in [0, 0.05) is 18.8 Å². The van der Waals surface area contributed by atoms with Crippen molar-refractivity contribution in [1.29, 1.82) is 0 Å². The van der Waals surface area contributed by atoms with Crippen LogP contribution < -0.4 is 0 Å². The van der Waals surface area contributed by atoms with Crippen LogP contribution in [0.2, 0.25) is 0 Å². The summed E-state index contributed by atoms with van der Waals surface area (Å²) in [5.41, 5.74) is 0. The minimum Gasteiger partial charge on any atom is -0.299 e. The predicted molar refractivity (Wildman–Crippen MR) is 37.3 cm³/mol. The van der Waals surface area contributed by atoms with Gasteiger partial charge in [-0.1, -0.05) is 6.42 Å². The fourth-order valence-electron chi connectivity index (χ4n) is 1.37. The van der Waals surface area contributed by atoms with Crippen molar-refractivity contribution < 1.29 is 9.59 Å². The average Bonchev–Trinajstić information content (AvgIpc) is 1.94. The lowest BCUT2D eigenvalue weighted by atomic mass is 9.86. The lowest BCUT2D eigenvalue weighted by Crippen LogP contribution is -2.18. The predicted octanol–water partition coefficient (Wildman–Crippen LogP) is 1.25. The molecule has 0 aromatic carbocycles. The number of carbonyl (C=O) groups is 1. The van der Waals surface area contributed by atoms with Crippen LogP contribution in [-0.4, -0.2) is 12.1 Å². The van der Waals surface area contributed by atoms with E-state index in [9.17, 15) is 9.59 Å². The first-order valence-corrected chi connectivity index (χ1v) is 3.72. The van der Waals surface area contributed by atoms with Crippen molar-refractivity contribution >= 4 is 12.1 Å². The van der Waals surface area contributed by atoms with Crippen molar-refractivity contribution in [2.45, 2.75) is 32.1 Å². The second-order valence-corrected chi connectivity index (χ2v) is 2.76. The van der Waals surface area contributed by atoms with E-state index in [1.807, 2.05) is 0 Å². The third kappa shape index (κ3) is 1.66. The van der Waals surface area contributed by atoms with Gasteiger partial charge in [-0.05, 0) is 12.8 Å². The second kappa shape index (κ2) is 3.49. The van der Waals surface area contributed by atoms with Gasteiger partial charge in [0.15, 0.2) is 6.29 Å². The molecule has 2 nitrogen and oxygen atoms in total. The molecule has 1 saturated carbocycles. The summed E-state index contributed by atoms with van der Waals surface area (Å²) in [5, 5.41) is 0. The fourth-order valence-corrected chi connectivity index (χ4v) is 1.37. The van der Waals surface area contributed by atoms with Crippen molar-refractivity contribution in [1.82, 2.24) is 0 Å². The molecule has 1 unspecified atom stereocenters. The lowest BCUT2D eigenvalue weighted by Gasteiger charge is -2.16. The van der Waals surface area contributed by atoms with Gasteiger partial charge in [0.1, 0.15) is 5.78 Å². The first-order valence-electron chi connectivity index (χ1n) is 3.72. The third-order valence-corrected chi connectivity index (χ3v) is 2.01. The van der Waals surface area contributed by atoms with Gasteiger partial charge < -0.3 is 0 Å². The van der Waals surface area contributed by atoms with Crippen molar-refractivity contribution in [3.63, 3.8) is 0 Å². The van der Waals surface area contributed by atoms with E-state index in [0.717, 1.165) is 19.3 Å². The first-order chi connectivity index (χ1) is 4.84. The second-order valence-electron chi connectivity index (χ2n) is 2.76. The zero-order valence-electron chi connectivity index (χ0n) is 5.93. The molecule has 2 heteroatoms. The van der Waals surface area contributed by atoms with Crippen molar-refractivity contribution in [2.75, 3.05) is 0 Å².